The number of esters is 1. The quantitative estimate of drug-likeness (QED) is 0.604. The molecule has 0 unspecified atom stereocenters. The molecule has 5 nitrogen and oxygen atoms in total. The maximum absolute atomic E-state index is 11.5. The Balaban J connectivity index is 1.99. The minimum Gasteiger partial charge on any atom is -0.465 e. The Morgan fingerprint density at radius 1 is 1.05 bits per heavy atom. The molecule has 0 aromatic rings. The molecule has 1 aliphatic rings. The van der Waals surface area contributed by atoms with Gasteiger partial charge < -0.3 is 14.8 Å². The number of ether oxygens (including phenoxy) is 2. The van der Waals surface area contributed by atoms with Crippen LogP contribution in [0.3, 0.4) is 0 Å². The lowest BCUT2D eigenvalue weighted by Crippen LogP contribution is -2.31. The molecule has 0 spiro atoms. The van der Waals surface area contributed by atoms with Crippen molar-refractivity contribution in [2.45, 2.75) is 59.3 Å². The van der Waals surface area contributed by atoms with Crippen LogP contribution in [0.5, 0.6) is 0 Å². The van der Waals surface area contributed by atoms with Gasteiger partial charge in [0, 0.05) is 13.0 Å². The van der Waals surface area contributed by atoms with E-state index in [0.717, 1.165) is 0 Å². The average molecular weight is 299 g/mol. The first-order valence-electron chi connectivity index (χ1n) is 7.97. The predicted octanol–water partition coefficient (Wildman–Crippen LogP) is 3.27. The van der Waals surface area contributed by atoms with Gasteiger partial charge in [-0.05, 0) is 39.5 Å². The lowest BCUT2D eigenvalue weighted by atomic mass is 9.89. The Morgan fingerprint density at radius 3 is 2.29 bits per heavy atom. The van der Waals surface area contributed by atoms with Crippen LogP contribution in [0.1, 0.15) is 59.3 Å². The topological polar surface area (TPSA) is 64.6 Å². The standard InChI is InChI=1S/C16H29NO4/c1-16(2,3)14(18)20-10-7-11-21-15(19)17-12-13-8-5-4-6-9-13/h13H,4-12H2,1-3H3,(H,17,19). The molecule has 21 heavy (non-hydrogen) atoms. The van der Waals surface area contributed by atoms with E-state index in [1.54, 1.807) is 0 Å². The summed E-state index contributed by atoms with van der Waals surface area (Å²) in [6.45, 7) is 6.69. The summed E-state index contributed by atoms with van der Waals surface area (Å²) in [5.41, 5.74) is -0.488. The van der Waals surface area contributed by atoms with Crippen LogP contribution in [0.25, 0.3) is 0 Å². The van der Waals surface area contributed by atoms with Crippen molar-refractivity contribution in [3.8, 4) is 0 Å². The average Bonchev–Trinajstić information content (AvgIpc) is 2.44. The molecule has 1 rings (SSSR count). The summed E-state index contributed by atoms with van der Waals surface area (Å²) in [6, 6.07) is 0. The number of amides is 1. The Kier molecular flexibility index (Phi) is 7.54. The van der Waals surface area contributed by atoms with E-state index in [1.807, 2.05) is 20.8 Å². The summed E-state index contributed by atoms with van der Waals surface area (Å²) >= 11 is 0. The SMILES string of the molecule is CC(C)(C)C(=O)OCCCOC(=O)NCC1CCCCC1. The van der Waals surface area contributed by atoms with Crippen LogP contribution in [-0.4, -0.2) is 31.8 Å². The second-order valence-electron chi connectivity index (χ2n) is 6.76. The lowest BCUT2D eigenvalue weighted by Gasteiger charge is -2.21. The monoisotopic (exact) mass is 299 g/mol. The third-order valence-electron chi connectivity index (χ3n) is 3.63. The van der Waals surface area contributed by atoms with Gasteiger partial charge in [0.2, 0.25) is 0 Å². The van der Waals surface area contributed by atoms with E-state index in [0.29, 0.717) is 18.9 Å². The van der Waals surface area contributed by atoms with E-state index in [4.69, 9.17) is 9.47 Å². The fraction of sp³-hybridized carbons (Fsp3) is 0.875. The smallest absolute Gasteiger partial charge is 0.407 e. The Morgan fingerprint density at radius 2 is 1.67 bits per heavy atom. The van der Waals surface area contributed by atoms with Crippen molar-refractivity contribution in [1.82, 2.24) is 5.32 Å². The molecule has 0 heterocycles. The first-order chi connectivity index (χ1) is 9.89. The second-order valence-corrected chi connectivity index (χ2v) is 6.76. The number of nitrogens with one attached hydrogen (secondary N) is 1. The number of alkyl carbamates (subject to hydrolysis) is 1. The maximum atomic E-state index is 11.5. The maximum Gasteiger partial charge on any atom is 0.407 e. The van der Waals surface area contributed by atoms with Crippen LogP contribution in [0.2, 0.25) is 0 Å². The highest BCUT2D eigenvalue weighted by Crippen LogP contribution is 2.22. The van der Waals surface area contributed by atoms with E-state index >= 15 is 0 Å². The van der Waals surface area contributed by atoms with Crippen molar-refractivity contribution in [3.63, 3.8) is 0 Å². The van der Waals surface area contributed by atoms with Gasteiger partial charge in [-0.3, -0.25) is 4.79 Å². The van der Waals surface area contributed by atoms with Gasteiger partial charge in [0.05, 0.1) is 18.6 Å². The Bertz CT molecular complexity index is 330. The molecule has 1 saturated carbocycles. The summed E-state index contributed by atoms with van der Waals surface area (Å²) in [7, 11) is 0. The van der Waals surface area contributed by atoms with Crippen molar-refractivity contribution in [3.05, 3.63) is 0 Å². The Hall–Kier alpha value is -1.26. The molecule has 1 amide bonds. The number of hydrogen-bond donors (Lipinski definition) is 1. The molecule has 0 atom stereocenters. The van der Waals surface area contributed by atoms with Crippen LogP contribution in [0, 0.1) is 11.3 Å². The van der Waals surface area contributed by atoms with E-state index in [-0.39, 0.29) is 25.3 Å². The molecule has 0 aromatic heterocycles. The van der Waals surface area contributed by atoms with Gasteiger partial charge >= 0.3 is 12.1 Å². The first kappa shape index (κ1) is 17.8. The molecule has 0 saturated heterocycles. The van der Waals surface area contributed by atoms with Gasteiger partial charge in [-0.1, -0.05) is 19.3 Å². The first-order valence-corrected chi connectivity index (χ1v) is 7.97. The largest absolute Gasteiger partial charge is 0.465 e. The zero-order valence-electron chi connectivity index (χ0n) is 13.6. The van der Waals surface area contributed by atoms with Crippen LogP contribution in [-0.2, 0) is 14.3 Å². The molecular formula is C16H29NO4. The van der Waals surface area contributed by atoms with Crippen LogP contribution in [0.4, 0.5) is 4.79 Å². The van der Waals surface area contributed by atoms with E-state index < -0.39 is 5.41 Å². The lowest BCUT2D eigenvalue weighted by molar-refractivity contribution is -0.153. The highest BCUT2D eigenvalue weighted by atomic mass is 16.6. The van der Waals surface area contributed by atoms with Gasteiger partial charge in [-0.2, -0.15) is 0 Å². The molecule has 5 heteroatoms. The summed E-state index contributed by atoms with van der Waals surface area (Å²) in [6.07, 6.45) is 6.39. The molecule has 0 radical (unpaired) electrons. The molecule has 1 fully saturated rings. The van der Waals surface area contributed by atoms with Crippen molar-refractivity contribution in [1.29, 1.82) is 0 Å². The van der Waals surface area contributed by atoms with E-state index in [1.165, 1.54) is 32.1 Å². The molecule has 0 aromatic carbocycles. The van der Waals surface area contributed by atoms with Crippen molar-refractivity contribution >= 4 is 12.1 Å². The molecule has 122 valence electrons. The van der Waals surface area contributed by atoms with Crippen LogP contribution in [0.15, 0.2) is 0 Å². The zero-order chi connectivity index (χ0) is 15.7. The van der Waals surface area contributed by atoms with Crippen molar-refractivity contribution in [2.75, 3.05) is 19.8 Å². The summed E-state index contributed by atoms with van der Waals surface area (Å²) in [4.78, 5) is 23.0. The molecule has 1 aliphatic carbocycles. The third-order valence-corrected chi connectivity index (χ3v) is 3.63. The van der Waals surface area contributed by atoms with Crippen molar-refractivity contribution in [2.24, 2.45) is 11.3 Å². The minimum atomic E-state index is -0.488. The fourth-order valence-electron chi connectivity index (χ4n) is 2.28. The van der Waals surface area contributed by atoms with Gasteiger partial charge in [0.15, 0.2) is 0 Å². The predicted molar refractivity (Wildman–Crippen MR) is 81.0 cm³/mol. The van der Waals surface area contributed by atoms with Gasteiger partial charge in [-0.25, -0.2) is 4.79 Å². The van der Waals surface area contributed by atoms with Crippen LogP contribution < -0.4 is 5.32 Å². The summed E-state index contributed by atoms with van der Waals surface area (Å²) in [5.74, 6) is 0.364. The highest BCUT2D eigenvalue weighted by Gasteiger charge is 2.22. The van der Waals surface area contributed by atoms with E-state index in [9.17, 15) is 9.59 Å². The van der Waals surface area contributed by atoms with E-state index in [2.05, 4.69) is 5.32 Å². The van der Waals surface area contributed by atoms with Crippen molar-refractivity contribution < 1.29 is 19.1 Å². The second kappa shape index (κ2) is 8.90. The normalized spacial score (nSPS) is 16.3. The number of rotatable bonds is 6. The summed E-state index contributed by atoms with van der Waals surface area (Å²) in [5, 5.41) is 2.81. The number of hydrogen-bond acceptors (Lipinski definition) is 4. The fourth-order valence-corrected chi connectivity index (χ4v) is 2.28. The third kappa shape index (κ3) is 7.93. The van der Waals surface area contributed by atoms with Gasteiger partial charge in [0.1, 0.15) is 0 Å². The molecule has 0 aliphatic heterocycles. The van der Waals surface area contributed by atoms with Gasteiger partial charge in [-0.15, -0.1) is 0 Å². The minimum absolute atomic E-state index is 0.232. The summed E-state index contributed by atoms with van der Waals surface area (Å²) < 4.78 is 10.2. The molecule has 0 bridgehead atoms. The number of carbonyl (C=O) groups excluding carboxylic acids is 2. The number of carbonyl (C=O) groups is 2. The highest BCUT2D eigenvalue weighted by molar-refractivity contribution is 5.75. The Labute approximate surface area is 127 Å². The molecule has 1 N–H and O–H groups in total. The van der Waals surface area contributed by atoms with Crippen LogP contribution >= 0.6 is 0 Å². The van der Waals surface area contributed by atoms with Gasteiger partial charge in [0.25, 0.3) is 0 Å². The zero-order valence-corrected chi connectivity index (χ0v) is 13.6. The molecular weight excluding hydrogens is 270 g/mol.